The summed E-state index contributed by atoms with van der Waals surface area (Å²) in [5.41, 5.74) is 7.35. The van der Waals surface area contributed by atoms with Crippen LogP contribution in [0.15, 0.2) is 12.7 Å². The van der Waals surface area contributed by atoms with E-state index in [1.54, 1.807) is 6.33 Å². The van der Waals surface area contributed by atoms with Crippen LogP contribution in [-0.4, -0.2) is 32.7 Å². The van der Waals surface area contributed by atoms with Gasteiger partial charge in [0.1, 0.15) is 11.8 Å². The number of rotatable bonds is 21. The van der Waals surface area contributed by atoms with Gasteiger partial charge in [-0.15, -0.1) is 0 Å². The van der Waals surface area contributed by atoms with Gasteiger partial charge >= 0.3 is 0 Å². The number of aromatic nitrogens is 4. The molecule has 0 aromatic carbocycles. The Morgan fingerprint density at radius 1 is 0.758 bits per heavy atom. The molecule has 0 aliphatic rings. The van der Waals surface area contributed by atoms with Crippen LogP contribution in [0, 0.1) is 0 Å². The second-order valence-corrected chi connectivity index (χ2v) is 9.64. The normalized spacial score (nSPS) is 12.5. The third-order valence-electron chi connectivity index (χ3n) is 6.68. The Bertz CT molecular complexity index is 732. The summed E-state index contributed by atoms with van der Waals surface area (Å²) in [6, 6.07) is 0.273. The molecule has 1 atom stereocenters. The first kappa shape index (κ1) is 27.6. The van der Waals surface area contributed by atoms with Crippen LogP contribution in [0.3, 0.4) is 0 Å². The SMILES string of the molecule is CCCCCCCCCCCCCCCCCCOCCC(C)n1cnc2c(N)ncnc21. The highest BCUT2D eigenvalue weighted by Crippen LogP contribution is 2.20. The summed E-state index contributed by atoms with van der Waals surface area (Å²) in [4.78, 5) is 12.7. The van der Waals surface area contributed by atoms with Crippen molar-refractivity contribution in [3.8, 4) is 0 Å². The van der Waals surface area contributed by atoms with Gasteiger partial charge in [-0.3, -0.25) is 0 Å². The van der Waals surface area contributed by atoms with Crippen LogP contribution in [0.2, 0.25) is 0 Å². The van der Waals surface area contributed by atoms with Gasteiger partial charge in [0.15, 0.2) is 11.5 Å². The number of hydrogen-bond acceptors (Lipinski definition) is 5. The molecule has 0 bridgehead atoms. The summed E-state index contributed by atoms with van der Waals surface area (Å²) in [5.74, 6) is 0.436. The summed E-state index contributed by atoms with van der Waals surface area (Å²) in [6.45, 7) is 6.08. The maximum Gasteiger partial charge on any atom is 0.165 e. The number of nitrogens with two attached hydrogens (primary N) is 1. The maximum absolute atomic E-state index is 5.87. The summed E-state index contributed by atoms with van der Waals surface area (Å²) < 4.78 is 7.93. The van der Waals surface area contributed by atoms with Gasteiger partial charge < -0.3 is 15.0 Å². The summed E-state index contributed by atoms with van der Waals surface area (Å²) in [7, 11) is 0. The predicted molar refractivity (Wildman–Crippen MR) is 139 cm³/mol. The fourth-order valence-corrected chi connectivity index (χ4v) is 4.44. The minimum absolute atomic E-state index is 0.273. The van der Waals surface area contributed by atoms with Crippen LogP contribution in [0.25, 0.3) is 11.2 Å². The number of unbranched alkanes of at least 4 members (excludes halogenated alkanes) is 15. The Balaban J connectivity index is 1.34. The van der Waals surface area contributed by atoms with Crippen molar-refractivity contribution in [3.05, 3.63) is 12.7 Å². The molecule has 188 valence electrons. The van der Waals surface area contributed by atoms with Gasteiger partial charge in [0, 0.05) is 19.3 Å². The molecule has 0 aliphatic carbocycles. The van der Waals surface area contributed by atoms with Gasteiger partial charge in [-0.25, -0.2) is 15.0 Å². The summed E-state index contributed by atoms with van der Waals surface area (Å²) in [5, 5.41) is 0. The average Bonchev–Trinajstić information content (AvgIpc) is 3.26. The fraction of sp³-hybridized carbons (Fsp3) is 0.815. The third-order valence-corrected chi connectivity index (χ3v) is 6.68. The first-order valence-corrected chi connectivity index (χ1v) is 13.7. The van der Waals surface area contributed by atoms with Gasteiger partial charge in [-0.1, -0.05) is 103 Å². The molecule has 0 spiro atoms. The zero-order valence-electron chi connectivity index (χ0n) is 21.4. The molecule has 2 aromatic heterocycles. The highest BCUT2D eigenvalue weighted by Gasteiger charge is 2.12. The summed E-state index contributed by atoms with van der Waals surface area (Å²) >= 11 is 0. The first-order chi connectivity index (χ1) is 16.2. The van der Waals surface area contributed by atoms with Crippen molar-refractivity contribution in [1.82, 2.24) is 19.5 Å². The number of hydrogen-bond donors (Lipinski definition) is 1. The number of fused-ring (bicyclic) bond motifs is 1. The van der Waals surface area contributed by atoms with E-state index in [4.69, 9.17) is 10.5 Å². The average molecular weight is 460 g/mol. The van der Waals surface area contributed by atoms with Crippen LogP contribution in [0.4, 0.5) is 5.82 Å². The molecule has 2 N–H and O–H groups in total. The molecule has 0 amide bonds. The molecular formula is C27H49N5O. The van der Waals surface area contributed by atoms with Crippen molar-refractivity contribution in [1.29, 1.82) is 0 Å². The van der Waals surface area contributed by atoms with Gasteiger partial charge in [0.2, 0.25) is 0 Å². The Kier molecular flexibility index (Phi) is 14.8. The van der Waals surface area contributed by atoms with E-state index in [1.807, 2.05) is 0 Å². The second-order valence-electron chi connectivity index (χ2n) is 9.64. The molecule has 0 aliphatic heterocycles. The number of ether oxygens (including phenoxy) is 1. The number of anilines is 1. The molecule has 2 heterocycles. The van der Waals surface area contributed by atoms with Crippen LogP contribution in [0.5, 0.6) is 0 Å². The molecule has 0 saturated carbocycles. The highest BCUT2D eigenvalue weighted by molar-refractivity contribution is 5.81. The fourth-order valence-electron chi connectivity index (χ4n) is 4.44. The van der Waals surface area contributed by atoms with Gasteiger partial charge in [0.05, 0.1) is 6.33 Å². The molecule has 2 aromatic rings. The standard InChI is InChI=1S/C27H49N5O/c1-3-4-5-6-7-8-9-10-11-12-13-14-15-16-17-18-20-33-21-19-24(2)32-23-31-25-26(28)29-22-30-27(25)32/h22-24H,3-21H2,1-2H3,(H2,28,29,30). The number of imidazole rings is 1. The lowest BCUT2D eigenvalue weighted by Crippen LogP contribution is -2.09. The highest BCUT2D eigenvalue weighted by atomic mass is 16.5. The number of nitrogen functional groups attached to an aromatic ring is 1. The molecule has 6 nitrogen and oxygen atoms in total. The molecule has 2 rings (SSSR count). The lowest BCUT2D eigenvalue weighted by molar-refractivity contribution is 0.119. The van der Waals surface area contributed by atoms with E-state index in [9.17, 15) is 0 Å². The maximum atomic E-state index is 5.87. The molecule has 0 saturated heterocycles. The zero-order chi connectivity index (χ0) is 23.6. The molecule has 6 heteroatoms. The van der Waals surface area contributed by atoms with Crippen LogP contribution in [0.1, 0.15) is 129 Å². The van der Waals surface area contributed by atoms with E-state index in [-0.39, 0.29) is 6.04 Å². The second kappa shape index (κ2) is 17.7. The molecule has 0 radical (unpaired) electrons. The van der Waals surface area contributed by atoms with Crippen molar-refractivity contribution in [2.45, 2.75) is 129 Å². The monoisotopic (exact) mass is 459 g/mol. The molecule has 1 unspecified atom stereocenters. The van der Waals surface area contributed by atoms with E-state index in [0.29, 0.717) is 11.3 Å². The minimum Gasteiger partial charge on any atom is -0.382 e. The van der Waals surface area contributed by atoms with E-state index in [2.05, 4.69) is 33.4 Å². The van der Waals surface area contributed by atoms with Crippen molar-refractivity contribution in [2.75, 3.05) is 18.9 Å². The Morgan fingerprint density at radius 2 is 1.30 bits per heavy atom. The summed E-state index contributed by atoms with van der Waals surface area (Å²) in [6.07, 6.45) is 26.6. The van der Waals surface area contributed by atoms with Crippen molar-refractivity contribution < 1.29 is 4.74 Å². The van der Waals surface area contributed by atoms with Gasteiger partial charge in [0.25, 0.3) is 0 Å². The Morgan fingerprint density at radius 3 is 1.88 bits per heavy atom. The molecular weight excluding hydrogens is 410 g/mol. The van der Waals surface area contributed by atoms with Crippen LogP contribution >= 0.6 is 0 Å². The van der Waals surface area contributed by atoms with Crippen molar-refractivity contribution >= 4 is 17.0 Å². The van der Waals surface area contributed by atoms with Crippen LogP contribution < -0.4 is 5.73 Å². The quantitative estimate of drug-likeness (QED) is 0.194. The largest absolute Gasteiger partial charge is 0.382 e. The Hall–Kier alpha value is -1.69. The van der Waals surface area contributed by atoms with E-state index in [1.165, 1.54) is 109 Å². The smallest absolute Gasteiger partial charge is 0.165 e. The van der Waals surface area contributed by atoms with Crippen molar-refractivity contribution in [2.24, 2.45) is 0 Å². The first-order valence-electron chi connectivity index (χ1n) is 13.7. The third kappa shape index (κ3) is 11.3. The molecule has 0 fully saturated rings. The van der Waals surface area contributed by atoms with Gasteiger partial charge in [-0.05, 0) is 19.8 Å². The van der Waals surface area contributed by atoms with Gasteiger partial charge in [-0.2, -0.15) is 0 Å². The predicted octanol–water partition coefficient (Wildman–Crippen LogP) is 7.64. The van der Waals surface area contributed by atoms with Crippen LogP contribution in [-0.2, 0) is 4.74 Å². The van der Waals surface area contributed by atoms with Crippen molar-refractivity contribution in [3.63, 3.8) is 0 Å². The van der Waals surface area contributed by atoms with E-state index in [0.717, 1.165) is 25.3 Å². The number of nitrogens with zero attached hydrogens (tertiary/aromatic N) is 4. The topological polar surface area (TPSA) is 78.9 Å². The minimum atomic E-state index is 0.273. The lowest BCUT2D eigenvalue weighted by Gasteiger charge is -2.14. The Labute approximate surface area is 202 Å². The zero-order valence-corrected chi connectivity index (χ0v) is 21.4. The molecule has 33 heavy (non-hydrogen) atoms. The lowest BCUT2D eigenvalue weighted by atomic mass is 10.0. The van der Waals surface area contributed by atoms with E-state index < -0.39 is 0 Å². The van der Waals surface area contributed by atoms with E-state index >= 15 is 0 Å².